The van der Waals surface area contributed by atoms with Gasteiger partial charge in [-0.3, -0.25) is 9.59 Å². The first-order valence-corrected chi connectivity index (χ1v) is 10.2. The van der Waals surface area contributed by atoms with Gasteiger partial charge in [0.2, 0.25) is 5.91 Å². The molecule has 0 aliphatic carbocycles. The quantitative estimate of drug-likeness (QED) is 0.791. The third-order valence-corrected chi connectivity index (χ3v) is 5.40. The minimum Gasteiger partial charge on any atom is -0.369 e. The van der Waals surface area contributed by atoms with Crippen LogP contribution in [0.15, 0.2) is 42.5 Å². The summed E-state index contributed by atoms with van der Waals surface area (Å²) in [5.41, 5.74) is 4.64. The molecule has 0 atom stereocenters. The molecule has 2 aromatic carbocycles. The fraction of sp³-hybridized carbons (Fsp3) is 0.391. The molecule has 3 rings (SSSR count). The van der Waals surface area contributed by atoms with Crippen LogP contribution in [0.4, 0.5) is 11.4 Å². The van der Waals surface area contributed by atoms with E-state index in [1.807, 2.05) is 25.1 Å². The summed E-state index contributed by atoms with van der Waals surface area (Å²) in [6.45, 7) is 11.5. The largest absolute Gasteiger partial charge is 0.369 e. The number of hydrogen-bond acceptors (Lipinski definition) is 4. The minimum atomic E-state index is -0.136. The lowest BCUT2D eigenvalue weighted by molar-refractivity contribution is -0.119. The Morgan fingerprint density at radius 2 is 1.69 bits per heavy atom. The fourth-order valence-electron chi connectivity index (χ4n) is 3.50. The molecule has 1 saturated heterocycles. The Labute approximate surface area is 172 Å². The van der Waals surface area contributed by atoms with Gasteiger partial charge in [-0.25, -0.2) is 0 Å². The highest BCUT2D eigenvalue weighted by atomic mass is 16.2. The number of nitrogens with one attached hydrogen (secondary N) is 2. The van der Waals surface area contributed by atoms with Gasteiger partial charge in [0.15, 0.2) is 0 Å². The highest BCUT2D eigenvalue weighted by Gasteiger charge is 2.16. The number of piperazine rings is 1. The third kappa shape index (κ3) is 5.57. The van der Waals surface area contributed by atoms with Gasteiger partial charge in [0.1, 0.15) is 0 Å². The molecule has 2 aromatic rings. The summed E-state index contributed by atoms with van der Waals surface area (Å²) < 4.78 is 0. The van der Waals surface area contributed by atoms with Crippen molar-refractivity contribution in [3.63, 3.8) is 0 Å². The lowest BCUT2D eigenvalue weighted by atomic mass is 10.1. The number of rotatable bonds is 6. The predicted molar refractivity (Wildman–Crippen MR) is 117 cm³/mol. The summed E-state index contributed by atoms with van der Waals surface area (Å²) in [7, 11) is 0. The fourth-order valence-corrected chi connectivity index (χ4v) is 3.50. The zero-order valence-electron chi connectivity index (χ0n) is 17.5. The Hall–Kier alpha value is -2.86. The summed E-state index contributed by atoms with van der Waals surface area (Å²) in [5.74, 6) is -0.207. The van der Waals surface area contributed by atoms with E-state index in [0.717, 1.165) is 49.5 Å². The molecule has 0 unspecified atom stereocenters. The van der Waals surface area contributed by atoms with E-state index in [-0.39, 0.29) is 11.8 Å². The maximum absolute atomic E-state index is 12.6. The van der Waals surface area contributed by atoms with Crippen molar-refractivity contribution in [1.82, 2.24) is 10.2 Å². The van der Waals surface area contributed by atoms with Gasteiger partial charge >= 0.3 is 0 Å². The maximum Gasteiger partial charge on any atom is 0.255 e. The van der Waals surface area contributed by atoms with Gasteiger partial charge in [-0.15, -0.1) is 0 Å². The van der Waals surface area contributed by atoms with Crippen LogP contribution in [0, 0.1) is 6.92 Å². The van der Waals surface area contributed by atoms with Crippen molar-refractivity contribution in [2.75, 3.05) is 42.9 Å². The second kappa shape index (κ2) is 9.56. The number of benzene rings is 2. The molecule has 1 aliphatic rings. The first kappa shape index (κ1) is 20.9. The number of carbonyl (C=O) groups excluding carboxylic acids is 2. The van der Waals surface area contributed by atoms with Crippen LogP contribution in [0.5, 0.6) is 0 Å². The molecule has 6 nitrogen and oxygen atoms in total. The molecule has 1 aliphatic heterocycles. The SMILES string of the molecule is CCN1CCN(c2ccc(NC(=O)c3ccc(CNC(C)=O)cc3)c(C)c2)CC1. The van der Waals surface area contributed by atoms with Crippen LogP contribution in [0.25, 0.3) is 0 Å². The Morgan fingerprint density at radius 1 is 1.00 bits per heavy atom. The molecule has 1 heterocycles. The van der Waals surface area contributed by atoms with Gasteiger partial charge in [0, 0.05) is 56.6 Å². The average molecular weight is 395 g/mol. The Kier molecular flexibility index (Phi) is 6.88. The number of likely N-dealkylation sites (N-methyl/N-ethyl adjacent to an activating group) is 1. The molecule has 29 heavy (non-hydrogen) atoms. The van der Waals surface area contributed by atoms with E-state index in [9.17, 15) is 9.59 Å². The van der Waals surface area contributed by atoms with Crippen molar-refractivity contribution in [3.05, 3.63) is 59.2 Å². The summed E-state index contributed by atoms with van der Waals surface area (Å²) in [4.78, 5) is 28.5. The monoisotopic (exact) mass is 394 g/mol. The van der Waals surface area contributed by atoms with E-state index in [4.69, 9.17) is 0 Å². The predicted octanol–water partition coefficient (Wildman–Crippen LogP) is 3.03. The van der Waals surface area contributed by atoms with E-state index in [1.165, 1.54) is 12.6 Å². The Bertz CT molecular complexity index is 856. The minimum absolute atomic E-state index is 0.0713. The van der Waals surface area contributed by atoms with Crippen LogP contribution in [-0.4, -0.2) is 49.4 Å². The molecule has 0 radical (unpaired) electrons. The van der Waals surface area contributed by atoms with Gasteiger partial charge in [0.25, 0.3) is 5.91 Å². The van der Waals surface area contributed by atoms with Crippen molar-refractivity contribution < 1.29 is 9.59 Å². The molecular weight excluding hydrogens is 364 g/mol. The lowest BCUT2D eigenvalue weighted by Crippen LogP contribution is -2.46. The summed E-state index contributed by atoms with van der Waals surface area (Å²) in [6, 6.07) is 13.5. The number of anilines is 2. The van der Waals surface area contributed by atoms with Gasteiger partial charge in [-0.1, -0.05) is 19.1 Å². The van der Waals surface area contributed by atoms with Crippen molar-refractivity contribution in [2.45, 2.75) is 27.3 Å². The molecular formula is C23H30N4O2. The van der Waals surface area contributed by atoms with Gasteiger partial charge in [-0.05, 0) is 54.9 Å². The highest BCUT2D eigenvalue weighted by Crippen LogP contribution is 2.24. The van der Waals surface area contributed by atoms with Crippen LogP contribution >= 0.6 is 0 Å². The van der Waals surface area contributed by atoms with E-state index >= 15 is 0 Å². The highest BCUT2D eigenvalue weighted by molar-refractivity contribution is 6.04. The number of carbonyl (C=O) groups is 2. The van der Waals surface area contributed by atoms with Gasteiger partial charge in [0.05, 0.1) is 0 Å². The molecule has 2 N–H and O–H groups in total. The van der Waals surface area contributed by atoms with Crippen molar-refractivity contribution in [1.29, 1.82) is 0 Å². The van der Waals surface area contributed by atoms with Crippen LogP contribution in [0.2, 0.25) is 0 Å². The molecule has 0 bridgehead atoms. The summed E-state index contributed by atoms with van der Waals surface area (Å²) in [6.07, 6.45) is 0. The molecule has 6 heteroatoms. The second-order valence-corrected chi connectivity index (χ2v) is 7.48. The Morgan fingerprint density at radius 3 is 2.28 bits per heavy atom. The number of amides is 2. The van der Waals surface area contributed by atoms with Crippen LogP contribution in [-0.2, 0) is 11.3 Å². The van der Waals surface area contributed by atoms with Crippen LogP contribution in [0.3, 0.4) is 0 Å². The standard InChI is InChI=1S/C23H30N4O2/c1-4-26-11-13-27(14-12-26)21-9-10-22(17(2)15-21)25-23(29)20-7-5-19(6-8-20)16-24-18(3)28/h5-10,15H,4,11-14,16H2,1-3H3,(H,24,28)(H,25,29). The van der Waals surface area contributed by atoms with Gasteiger partial charge < -0.3 is 20.4 Å². The molecule has 154 valence electrons. The van der Waals surface area contributed by atoms with Crippen molar-refractivity contribution >= 4 is 23.2 Å². The summed E-state index contributed by atoms with van der Waals surface area (Å²) >= 11 is 0. The molecule has 0 aromatic heterocycles. The van der Waals surface area contributed by atoms with E-state index in [1.54, 1.807) is 12.1 Å². The molecule has 0 saturated carbocycles. The zero-order chi connectivity index (χ0) is 20.8. The molecule has 1 fully saturated rings. The third-order valence-electron chi connectivity index (χ3n) is 5.40. The normalized spacial score (nSPS) is 14.5. The van der Waals surface area contributed by atoms with E-state index < -0.39 is 0 Å². The smallest absolute Gasteiger partial charge is 0.255 e. The molecule has 2 amide bonds. The topological polar surface area (TPSA) is 64.7 Å². The molecule has 0 spiro atoms. The number of aryl methyl sites for hydroxylation is 1. The first-order valence-electron chi connectivity index (χ1n) is 10.2. The van der Waals surface area contributed by atoms with E-state index in [0.29, 0.717) is 12.1 Å². The second-order valence-electron chi connectivity index (χ2n) is 7.48. The van der Waals surface area contributed by atoms with Gasteiger partial charge in [-0.2, -0.15) is 0 Å². The van der Waals surface area contributed by atoms with Crippen molar-refractivity contribution in [2.24, 2.45) is 0 Å². The number of hydrogen-bond donors (Lipinski definition) is 2. The first-order chi connectivity index (χ1) is 14.0. The summed E-state index contributed by atoms with van der Waals surface area (Å²) in [5, 5.41) is 5.76. The Balaban J connectivity index is 1.61. The van der Waals surface area contributed by atoms with Crippen LogP contribution in [0.1, 0.15) is 35.3 Å². The maximum atomic E-state index is 12.6. The van der Waals surface area contributed by atoms with Crippen molar-refractivity contribution in [3.8, 4) is 0 Å². The van der Waals surface area contributed by atoms with E-state index in [2.05, 4.69) is 39.5 Å². The number of nitrogens with zero attached hydrogens (tertiary/aromatic N) is 2. The lowest BCUT2D eigenvalue weighted by Gasteiger charge is -2.35. The average Bonchev–Trinajstić information content (AvgIpc) is 2.74. The zero-order valence-corrected chi connectivity index (χ0v) is 17.5. The van der Waals surface area contributed by atoms with Crippen LogP contribution < -0.4 is 15.5 Å².